The van der Waals surface area contributed by atoms with Gasteiger partial charge in [-0.3, -0.25) is 9.69 Å². The zero-order chi connectivity index (χ0) is 19.9. The quantitative estimate of drug-likeness (QED) is 0.771. The number of hydrogen-bond acceptors (Lipinski definition) is 6. The van der Waals surface area contributed by atoms with Crippen molar-refractivity contribution in [3.8, 4) is 0 Å². The van der Waals surface area contributed by atoms with Crippen LogP contribution in [-0.2, 0) is 19.4 Å². The SMILES string of the molecule is CC1CN(c2ccc(N3CC(CCC(N)=O)OC3=O)cc2F)C1S(C)(=O)=O. The minimum atomic E-state index is -3.35. The van der Waals surface area contributed by atoms with Crippen molar-refractivity contribution >= 4 is 33.2 Å². The van der Waals surface area contributed by atoms with Crippen molar-refractivity contribution in [1.29, 1.82) is 0 Å². The van der Waals surface area contributed by atoms with E-state index in [0.717, 1.165) is 6.26 Å². The number of amides is 2. The topological polar surface area (TPSA) is 110 Å². The Kier molecular flexibility index (Phi) is 5.02. The number of ether oxygens (including phenoxy) is 1. The molecule has 0 aliphatic carbocycles. The van der Waals surface area contributed by atoms with E-state index in [9.17, 15) is 22.4 Å². The van der Waals surface area contributed by atoms with Gasteiger partial charge in [-0.25, -0.2) is 17.6 Å². The Labute approximate surface area is 157 Å². The smallest absolute Gasteiger partial charge is 0.414 e. The number of nitrogens with zero attached hydrogens (tertiary/aromatic N) is 2. The van der Waals surface area contributed by atoms with E-state index in [2.05, 4.69) is 0 Å². The third-order valence-corrected chi connectivity index (χ3v) is 6.45. The third-order valence-electron chi connectivity index (χ3n) is 4.86. The summed E-state index contributed by atoms with van der Waals surface area (Å²) < 4.78 is 43.7. The predicted molar refractivity (Wildman–Crippen MR) is 97.6 cm³/mol. The van der Waals surface area contributed by atoms with E-state index in [4.69, 9.17) is 10.5 Å². The second-order valence-corrected chi connectivity index (χ2v) is 9.25. The van der Waals surface area contributed by atoms with Gasteiger partial charge in [0.2, 0.25) is 5.91 Å². The number of anilines is 2. The van der Waals surface area contributed by atoms with E-state index < -0.39 is 39.1 Å². The number of sulfone groups is 1. The van der Waals surface area contributed by atoms with Gasteiger partial charge in [-0.15, -0.1) is 0 Å². The van der Waals surface area contributed by atoms with Crippen molar-refractivity contribution in [3.05, 3.63) is 24.0 Å². The maximum absolute atomic E-state index is 14.7. The Morgan fingerprint density at radius 3 is 2.63 bits per heavy atom. The van der Waals surface area contributed by atoms with Crippen LogP contribution in [0.4, 0.5) is 20.6 Å². The maximum atomic E-state index is 14.7. The van der Waals surface area contributed by atoms with Crippen molar-refractivity contribution in [3.63, 3.8) is 0 Å². The molecule has 2 N–H and O–H groups in total. The molecule has 2 saturated heterocycles. The number of carbonyl (C=O) groups excluding carboxylic acids is 2. The van der Waals surface area contributed by atoms with Crippen molar-refractivity contribution in [2.24, 2.45) is 11.7 Å². The molecule has 10 heteroatoms. The molecule has 0 aromatic heterocycles. The van der Waals surface area contributed by atoms with E-state index in [-0.39, 0.29) is 24.6 Å². The van der Waals surface area contributed by atoms with Crippen LogP contribution in [0.2, 0.25) is 0 Å². The zero-order valence-electron chi connectivity index (χ0n) is 15.1. The van der Waals surface area contributed by atoms with Crippen LogP contribution in [0.25, 0.3) is 0 Å². The molecule has 1 aromatic carbocycles. The molecule has 0 bridgehead atoms. The normalized spacial score (nSPS) is 25.3. The molecule has 1 aromatic rings. The summed E-state index contributed by atoms with van der Waals surface area (Å²) in [5, 5.41) is -0.757. The molecular formula is C17H22FN3O5S. The summed E-state index contributed by atoms with van der Waals surface area (Å²) in [5.41, 5.74) is 5.59. The van der Waals surface area contributed by atoms with Crippen LogP contribution in [0, 0.1) is 11.7 Å². The van der Waals surface area contributed by atoms with Gasteiger partial charge in [0.1, 0.15) is 17.3 Å². The number of halogens is 1. The Hall–Kier alpha value is -2.36. The van der Waals surface area contributed by atoms with E-state index in [0.29, 0.717) is 18.7 Å². The predicted octanol–water partition coefficient (Wildman–Crippen LogP) is 1.24. The molecule has 3 unspecified atom stereocenters. The molecule has 2 fully saturated rings. The number of cyclic esters (lactones) is 1. The average Bonchev–Trinajstić information content (AvgIpc) is 2.90. The Morgan fingerprint density at radius 2 is 2.07 bits per heavy atom. The van der Waals surface area contributed by atoms with E-state index in [1.165, 1.54) is 21.9 Å². The fraction of sp³-hybridized carbons (Fsp3) is 0.529. The first-order chi connectivity index (χ1) is 12.6. The van der Waals surface area contributed by atoms with Gasteiger partial charge in [-0.05, 0) is 24.6 Å². The molecule has 27 heavy (non-hydrogen) atoms. The highest BCUT2D eigenvalue weighted by Crippen LogP contribution is 2.37. The number of carbonyl (C=O) groups is 2. The summed E-state index contributed by atoms with van der Waals surface area (Å²) in [5.74, 6) is -1.18. The first-order valence-electron chi connectivity index (χ1n) is 8.59. The minimum absolute atomic E-state index is 0.0846. The third kappa shape index (κ3) is 3.85. The van der Waals surface area contributed by atoms with Crippen molar-refractivity contribution in [2.45, 2.75) is 31.2 Å². The van der Waals surface area contributed by atoms with E-state index >= 15 is 0 Å². The van der Waals surface area contributed by atoms with Gasteiger partial charge in [0.25, 0.3) is 0 Å². The second kappa shape index (κ2) is 6.99. The lowest BCUT2D eigenvalue weighted by molar-refractivity contribution is -0.118. The summed E-state index contributed by atoms with van der Waals surface area (Å²) in [6, 6.07) is 4.21. The van der Waals surface area contributed by atoms with Crippen molar-refractivity contribution in [2.75, 3.05) is 29.1 Å². The fourth-order valence-corrected chi connectivity index (χ4v) is 5.24. The average molecular weight is 399 g/mol. The summed E-state index contributed by atoms with van der Waals surface area (Å²) in [4.78, 5) is 25.7. The maximum Gasteiger partial charge on any atom is 0.414 e. The van der Waals surface area contributed by atoms with Crippen LogP contribution in [0.1, 0.15) is 19.8 Å². The van der Waals surface area contributed by atoms with Crippen molar-refractivity contribution < 1.29 is 27.1 Å². The van der Waals surface area contributed by atoms with E-state index in [1.54, 1.807) is 13.0 Å². The standard InChI is InChI=1S/C17H22FN3O5S/c1-10-8-21(16(10)27(2,24)25)14-5-3-11(7-13(14)18)20-9-12(26-17(20)23)4-6-15(19)22/h3,5,7,10,12,16H,4,6,8-9H2,1-2H3,(H2,19,22). The largest absolute Gasteiger partial charge is 0.444 e. The van der Waals surface area contributed by atoms with Crippen LogP contribution < -0.4 is 15.5 Å². The molecular weight excluding hydrogens is 377 g/mol. The minimum Gasteiger partial charge on any atom is -0.444 e. The van der Waals surface area contributed by atoms with Crippen LogP contribution in [0.5, 0.6) is 0 Å². The lowest BCUT2D eigenvalue weighted by Crippen LogP contribution is -2.59. The molecule has 2 heterocycles. The summed E-state index contributed by atoms with van der Waals surface area (Å²) in [6.45, 7) is 2.44. The molecule has 0 saturated carbocycles. The van der Waals surface area contributed by atoms with Gasteiger partial charge in [0.05, 0.1) is 17.9 Å². The lowest BCUT2D eigenvalue weighted by Gasteiger charge is -2.46. The number of primary amides is 1. The highest BCUT2D eigenvalue weighted by molar-refractivity contribution is 7.91. The number of rotatable bonds is 6. The highest BCUT2D eigenvalue weighted by atomic mass is 32.2. The molecule has 8 nitrogen and oxygen atoms in total. The van der Waals surface area contributed by atoms with Crippen LogP contribution >= 0.6 is 0 Å². The summed E-state index contributed by atoms with van der Waals surface area (Å²) in [7, 11) is -3.35. The number of nitrogens with two attached hydrogens (primary N) is 1. The van der Waals surface area contributed by atoms with Gasteiger partial charge in [-0.2, -0.15) is 0 Å². The number of benzene rings is 1. The van der Waals surface area contributed by atoms with Crippen LogP contribution in [0.15, 0.2) is 18.2 Å². The van der Waals surface area contributed by atoms with Gasteiger partial charge in [0, 0.05) is 25.1 Å². The van der Waals surface area contributed by atoms with E-state index in [1.807, 2.05) is 0 Å². The summed E-state index contributed by atoms with van der Waals surface area (Å²) in [6.07, 6.45) is 0.430. The Bertz CT molecular complexity index is 875. The molecule has 3 rings (SSSR count). The number of hydrogen-bond donors (Lipinski definition) is 1. The summed E-state index contributed by atoms with van der Waals surface area (Å²) >= 11 is 0. The lowest BCUT2D eigenvalue weighted by atomic mass is 10.0. The molecule has 2 aliphatic heterocycles. The zero-order valence-corrected chi connectivity index (χ0v) is 15.9. The monoisotopic (exact) mass is 399 g/mol. The molecule has 0 spiro atoms. The first kappa shape index (κ1) is 19.4. The molecule has 2 aliphatic rings. The van der Waals surface area contributed by atoms with Gasteiger partial charge in [0.15, 0.2) is 9.84 Å². The van der Waals surface area contributed by atoms with Gasteiger partial charge in [-0.1, -0.05) is 6.92 Å². The Morgan fingerprint density at radius 1 is 1.37 bits per heavy atom. The highest BCUT2D eigenvalue weighted by Gasteiger charge is 2.44. The van der Waals surface area contributed by atoms with Crippen LogP contribution in [0.3, 0.4) is 0 Å². The Balaban J connectivity index is 1.76. The van der Waals surface area contributed by atoms with Gasteiger partial charge < -0.3 is 15.4 Å². The first-order valence-corrected chi connectivity index (χ1v) is 10.5. The fourth-order valence-electron chi connectivity index (χ4n) is 3.64. The molecule has 2 amide bonds. The molecule has 0 radical (unpaired) electrons. The van der Waals surface area contributed by atoms with Crippen molar-refractivity contribution in [1.82, 2.24) is 0 Å². The van der Waals surface area contributed by atoms with Crippen LogP contribution in [-0.4, -0.2) is 51.2 Å². The molecule has 148 valence electrons. The molecule has 3 atom stereocenters. The second-order valence-electron chi connectivity index (χ2n) is 7.11. The van der Waals surface area contributed by atoms with Gasteiger partial charge >= 0.3 is 6.09 Å².